The molecule has 1 rings (SSSR count). The van der Waals surface area contributed by atoms with Gasteiger partial charge in [-0.3, -0.25) is 4.79 Å². The zero-order valence-corrected chi connectivity index (χ0v) is 14.8. The topological polar surface area (TPSA) is 64.4 Å². The number of nitrogens with one attached hydrogen (secondary N) is 1. The summed E-state index contributed by atoms with van der Waals surface area (Å²) in [6.07, 6.45) is 2.34. The second-order valence-electron chi connectivity index (χ2n) is 5.79. The monoisotopic (exact) mass is 328 g/mol. The minimum absolute atomic E-state index is 0. The molecule has 0 aromatic heterocycles. The highest BCUT2D eigenvalue weighted by molar-refractivity contribution is 5.85. The molecule has 126 valence electrons. The van der Waals surface area contributed by atoms with E-state index < -0.39 is 5.54 Å². The van der Waals surface area contributed by atoms with Crippen molar-refractivity contribution in [3.8, 4) is 5.75 Å². The van der Waals surface area contributed by atoms with E-state index in [2.05, 4.69) is 5.32 Å². The second-order valence-corrected chi connectivity index (χ2v) is 5.79. The molecule has 4 nitrogen and oxygen atoms in total. The molecular formula is C17H29ClN2O2. The fourth-order valence-corrected chi connectivity index (χ4v) is 2.18. The van der Waals surface area contributed by atoms with E-state index in [1.807, 2.05) is 45.0 Å². The van der Waals surface area contributed by atoms with Gasteiger partial charge in [0.2, 0.25) is 5.91 Å². The van der Waals surface area contributed by atoms with E-state index in [4.69, 9.17) is 10.5 Å². The van der Waals surface area contributed by atoms with Crippen LogP contribution in [0.25, 0.3) is 0 Å². The van der Waals surface area contributed by atoms with Crippen molar-refractivity contribution in [2.45, 2.75) is 58.6 Å². The van der Waals surface area contributed by atoms with Gasteiger partial charge in [-0.2, -0.15) is 0 Å². The van der Waals surface area contributed by atoms with Crippen molar-refractivity contribution in [2.24, 2.45) is 5.73 Å². The predicted molar refractivity (Wildman–Crippen MR) is 93.6 cm³/mol. The first kappa shape index (κ1) is 20.7. The van der Waals surface area contributed by atoms with Crippen molar-refractivity contribution in [1.82, 2.24) is 5.32 Å². The van der Waals surface area contributed by atoms with Gasteiger partial charge in [-0.15, -0.1) is 12.4 Å². The highest BCUT2D eigenvalue weighted by Gasteiger charge is 2.27. The quantitative estimate of drug-likeness (QED) is 0.770. The smallest absolute Gasteiger partial charge is 0.239 e. The molecule has 2 atom stereocenters. The summed E-state index contributed by atoms with van der Waals surface area (Å²) in [5.74, 6) is 0.749. The van der Waals surface area contributed by atoms with E-state index in [1.165, 1.54) is 0 Å². The zero-order valence-electron chi connectivity index (χ0n) is 14.0. The van der Waals surface area contributed by atoms with Crippen molar-refractivity contribution in [1.29, 1.82) is 0 Å². The number of rotatable bonds is 8. The third kappa shape index (κ3) is 6.24. The number of halogens is 1. The first-order valence-corrected chi connectivity index (χ1v) is 7.70. The lowest BCUT2D eigenvalue weighted by Crippen LogP contribution is -2.53. The molecule has 0 aliphatic rings. The second kappa shape index (κ2) is 9.70. The largest absolute Gasteiger partial charge is 0.488 e. The van der Waals surface area contributed by atoms with Crippen LogP contribution in [0.1, 0.15) is 45.6 Å². The molecule has 0 saturated heterocycles. The Labute approximate surface area is 140 Å². The van der Waals surface area contributed by atoms with Crippen LogP contribution in [0, 0.1) is 6.92 Å². The lowest BCUT2D eigenvalue weighted by atomic mass is 9.96. The predicted octanol–water partition coefficient (Wildman–Crippen LogP) is 3.21. The maximum Gasteiger partial charge on any atom is 0.239 e. The number of benzene rings is 1. The lowest BCUT2D eigenvalue weighted by molar-refractivity contribution is -0.126. The van der Waals surface area contributed by atoms with Crippen molar-refractivity contribution in [2.75, 3.05) is 6.54 Å². The molecule has 0 saturated carbocycles. The molecule has 3 N–H and O–H groups in total. The van der Waals surface area contributed by atoms with Gasteiger partial charge >= 0.3 is 0 Å². The molecule has 0 spiro atoms. The molecule has 0 aliphatic heterocycles. The molecule has 0 radical (unpaired) electrons. The number of hydrogen-bond donors (Lipinski definition) is 2. The molecule has 0 fully saturated rings. The van der Waals surface area contributed by atoms with Gasteiger partial charge in [0.1, 0.15) is 11.9 Å². The summed E-state index contributed by atoms with van der Waals surface area (Å²) < 4.78 is 5.96. The Balaban J connectivity index is 0.00000441. The first-order chi connectivity index (χ1) is 9.90. The SMILES string of the molecule is CCCC(C)(N)C(=O)NCC(CC)Oc1ccccc1C.Cl. The van der Waals surface area contributed by atoms with E-state index in [0.29, 0.717) is 13.0 Å². The van der Waals surface area contributed by atoms with Crippen LogP contribution in [0.3, 0.4) is 0 Å². The fraction of sp³-hybridized carbons (Fsp3) is 0.588. The third-order valence-corrected chi connectivity index (χ3v) is 3.62. The summed E-state index contributed by atoms with van der Waals surface area (Å²) in [5.41, 5.74) is 6.31. The van der Waals surface area contributed by atoms with Crippen LogP contribution in [0.5, 0.6) is 5.75 Å². The maximum atomic E-state index is 12.1. The number of carbonyl (C=O) groups excluding carboxylic acids is 1. The Bertz CT molecular complexity index is 464. The summed E-state index contributed by atoms with van der Waals surface area (Å²) in [4.78, 5) is 12.1. The summed E-state index contributed by atoms with van der Waals surface area (Å²) >= 11 is 0. The fourth-order valence-electron chi connectivity index (χ4n) is 2.18. The number of hydrogen-bond acceptors (Lipinski definition) is 3. The van der Waals surface area contributed by atoms with Gasteiger partial charge in [0.05, 0.1) is 12.1 Å². The van der Waals surface area contributed by atoms with Crippen molar-refractivity contribution in [3.05, 3.63) is 29.8 Å². The molecule has 1 amide bonds. The highest BCUT2D eigenvalue weighted by Crippen LogP contribution is 2.18. The molecule has 1 aromatic rings. The molecule has 1 aromatic carbocycles. The molecule has 0 aliphatic carbocycles. The molecule has 0 bridgehead atoms. The standard InChI is InChI=1S/C17H28N2O2.ClH/c1-5-11-17(4,18)16(20)19-12-14(6-2)21-15-10-8-7-9-13(15)3;/h7-10,14H,5-6,11-12,18H2,1-4H3,(H,19,20);1H. The number of aryl methyl sites for hydroxylation is 1. The Morgan fingerprint density at radius 1 is 1.36 bits per heavy atom. The summed E-state index contributed by atoms with van der Waals surface area (Å²) in [6.45, 7) is 8.32. The zero-order chi connectivity index (χ0) is 15.9. The van der Waals surface area contributed by atoms with Crippen molar-refractivity contribution < 1.29 is 9.53 Å². The number of para-hydroxylation sites is 1. The highest BCUT2D eigenvalue weighted by atomic mass is 35.5. The maximum absolute atomic E-state index is 12.1. The normalized spacial score (nSPS) is 14.4. The number of amides is 1. The van der Waals surface area contributed by atoms with Crippen molar-refractivity contribution >= 4 is 18.3 Å². The van der Waals surface area contributed by atoms with Crippen LogP contribution in [0.4, 0.5) is 0 Å². The number of nitrogens with two attached hydrogens (primary N) is 1. The molecule has 5 heteroatoms. The van der Waals surface area contributed by atoms with E-state index in [-0.39, 0.29) is 24.4 Å². The number of carbonyl (C=O) groups is 1. The molecule has 2 unspecified atom stereocenters. The van der Waals surface area contributed by atoms with Gasteiger partial charge in [-0.1, -0.05) is 38.5 Å². The van der Waals surface area contributed by atoms with Crippen LogP contribution in [0.2, 0.25) is 0 Å². The van der Waals surface area contributed by atoms with E-state index in [0.717, 1.165) is 24.2 Å². The Morgan fingerprint density at radius 3 is 2.55 bits per heavy atom. The third-order valence-electron chi connectivity index (χ3n) is 3.62. The Kier molecular flexibility index (Phi) is 9.14. The molecule has 22 heavy (non-hydrogen) atoms. The summed E-state index contributed by atoms with van der Waals surface area (Å²) in [5, 5.41) is 2.91. The van der Waals surface area contributed by atoms with E-state index in [1.54, 1.807) is 6.92 Å². The van der Waals surface area contributed by atoms with Crippen LogP contribution < -0.4 is 15.8 Å². The van der Waals surface area contributed by atoms with Gasteiger partial charge < -0.3 is 15.8 Å². The summed E-state index contributed by atoms with van der Waals surface area (Å²) in [7, 11) is 0. The van der Waals surface area contributed by atoms with Crippen LogP contribution in [-0.4, -0.2) is 24.1 Å². The van der Waals surface area contributed by atoms with Gasteiger partial charge in [0, 0.05) is 0 Å². The van der Waals surface area contributed by atoms with Gasteiger partial charge in [-0.25, -0.2) is 0 Å². The minimum atomic E-state index is -0.810. The van der Waals surface area contributed by atoms with E-state index >= 15 is 0 Å². The Morgan fingerprint density at radius 2 is 2.00 bits per heavy atom. The number of ether oxygens (including phenoxy) is 1. The van der Waals surface area contributed by atoms with Crippen LogP contribution in [-0.2, 0) is 4.79 Å². The van der Waals surface area contributed by atoms with Gasteiger partial charge in [-0.05, 0) is 38.3 Å². The van der Waals surface area contributed by atoms with Crippen LogP contribution >= 0.6 is 12.4 Å². The minimum Gasteiger partial charge on any atom is -0.488 e. The van der Waals surface area contributed by atoms with Gasteiger partial charge in [0.25, 0.3) is 0 Å². The molecular weight excluding hydrogens is 300 g/mol. The summed E-state index contributed by atoms with van der Waals surface area (Å²) in [6, 6.07) is 7.89. The average Bonchev–Trinajstić information content (AvgIpc) is 2.44. The van der Waals surface area contributed by atoms with Gasteiger partial charge in [0.15, 0.2) is 0 Å². The van der Waals surface area contributed by atoms with Crippen LogP contribution in [0.15, 0.2) is 24.3 Å². The van der Waals surface area contributed by atoms with Crippen molar-refractivity contribution in [3.63, 3.8) is 0 Å². The average molecular weight is 329 g/mol. The first-order valence-electron chi connectivity index (χ1n) is 7.70. The Hall–Kier alpha value is -1.26. The lowest BCUT2D eigenvalue weighted by Gasteiger charge is -2.25. The molecule has 0 heterocycles. The van der Waals surface area contributed by atoms with E-state index in [9.17, 15) is 4.79 Å².